The SMILES string of the molecule is C[C@H](C(=O)Nc1nccs1)N(C)Cc1nccn1C(F)F. The molecular weight excluding hydrogens is 300 g/mol. The van der Waals surface area contributed by atoms with E-state index in [-0.39, 0.29) is 18.3 Å². The molecule has 1 atom stereocenters. The molecule has 0 fully saturated rings. The molecule has 21 heavy (non-hydrogen) atoms. The number of carbonyl (C=O) groups excluding carboxylic acids is 1. The summed E-state index contributed by atoms with van der Waals surface area (Å²) in [5.41, 5.74) is 0. The number of hydrogen-bond acceptors (Lipinski definition) is 5. The average molecular weight is 315 g/mol. The third-order valence-electron chi connectivity index (χ3n) is 3.05. The van der Waals surface area contributed by atoms with Crippen molar-refractivity contribution < 1.29 is 13.6 Å². The maximum atomic E-state index is 12.7. The quantitative estimate of drug-likeness (QED) is 0.887. The van der Waals surface area contributed by atoms with Crippen LogP contribution in [0.25, 0.3) is 0 Å². The van der Waals surface area contributed by atoms with E-state index in [4.69, 9.17) is 0 Å². The van der Waals surface area contributed by atoms with Crippen molar-refractivity contribution in [3.8, 4) is 0 Å². The Kier molecular flexibility index (Phi) is 4.97. The maximum absolute atomic E-state index is 12.7. The van der Waals surface area contributed by atoms with Gasteiger partial charge in [-0.15, -0.1) is 11.3 Å². The zero-order chi connectivity index (χ0) is 15.4. The molecule has 6 nitrogen and oxygen atoms in total. The second-order valence-corrected chi connectivity index (χ2v) is 5.34. The van der Waals surface area contributed by atoms with Crippen LogP contribution >= 0.6 is 11.3 Å². The van der Waals surface area contributed by atoms with Gasteiger partial charge in [-0.05, 0) is 14.0 Å². The van der Waals surface area contributed by atoms with Crippen LogP contribution in [-0.2, 0) is 11.3 Å². The molecule has 2 rings (SSSR count). The highest BCUT2D eigenvalue weighted by molar-refractivity contribution is 7.13. The van der Waals surface area contributed by atoms with E-state index in [1.807, 2.05) is 0 Å². The fourth-order valence-electron chi connectivity index (χ4n) is 1.70. The highest BCUT2D eigenvalue weighted by Gasteiger charge is 2.21. The fraction of sp³-hybridized carbons (Fsp3) is 0.417. The minimum atomic E-state index is -2.64. The Morgan fingerprint density at radius 1 is 1.48 bits per heavy atom. The number of nitrogens with zero attached hydrogens (tertiary/aromatic N) is 4. The largest absolute Gasteiger partial charge is 0.319 e. The summed E-state index contributed by atoms with van der Waals surface area (Å²) in [5.74, 6) is -0.0380. The van der Waals surface area contributed by atoms with Crippen LogP contribution in [-0.4, -0.2) is 38.4 Å². The summed E-state index contributed by atoms with van der Waals surface area (Å²) in [7, 11) is 1.68. The van der Waals surface area contributed by atoms with Crippen molar-refractivity contribution in [1.82, 2.24) is 19.4 Å². The molecule has 0 aliphatic carbocycles. The zero-order valence-corrected chi connectivity index (χ0v) is 12.3. The normalized spacial score (nSPS) is 12.9. The molecule has 9 heteroatoms. The standard InChI is InChI=1S/C12H15F2N5OS/c1-8(10(20)17-12-16-4-6-21-12)18(2)7-9-15-3-5-19(9)11(13)14/h3-6,8,11H,7H2,1-2H3,(H,16,17,20)/t8-/m1/s1. The van der Waals surface area contributed by atoms with Crippen LogP contribution in [0.15, 0.2) is 24.0 Å². The summed E-state index contributed by atoms with van der Waals surface area (Å²) >= 11 is 1.31. The first-order chi connectivity index (χ1) is 9.99. The number of aromatic nitrogens is 3. The molecule has 2 aromatic heterocycles. The van der Waals surface area contributed by atoms with Gasteiger partial charge >= 0.3 is 6.55 Å². The molecule has 0 radical (unpaired) electrons. The van der Waals surface area contributed by atoms with E-state index in [2.05, 4.69) is 15.3 Å². The summed E-state index contributed by atoms with van der Waals surface area (Å²) < 4.78 is 26.3. The van der Waals surface area contributed by atoms with Gasteiger partial charge in [-0.3, -0.25) is 14.3 Å². The maximum Gasteiger partial charge on any atom is 0.319 e. The molecule has 1 N–H and O–H groups in total. The predicted octanol–water partition coefficient (Wildman–Crippen LogP) is 2.19. The summed E-state index contributed by atoms with van der Waals surface area (Å²) in [6.45, 7) is -0.807. The highest BCUT2D eigenvalue weighted by Crippen LogP contribution is 2.15. The molecule has 1 amide bonds. The van der Waals surface area contributed by atoms with Crippen LogP contribution in [0.5, 0.6) is 0 Å². The van der Waals surface area contributed by atoms with E-state index >= 15 is 0 Å². The van der Waals surface area contributed by atoms with Crippen LogP contribution in [0.1, 0.15) is 19.3 Å². The highest BCUT2D eigenvalue weighted by atomic mass is 32.1. The Hall–Kier alpha value is -1.87. The van der Waals surface area contributed by atoms with Crippen molar-refractivity contribution in [2.45, 2.75) is 26.1 Å². The Labute approximate surface area is 124 Å². The van der Waals surface area contributed by atoms with Gasteiger partial charge in [0.05, 0.1) is 12.6 Å². The number of amides is 1. The third kappa shape index (κ3) is 3.82. The lowest BCUT2D eigenvalue weighted by Crippen LogP contribution is -2.39. The lowest BCUT2D eigenvalue weighted by atomic mass is 10.3. The molecule has 114 valence electrons. The van der Waals surface area contributed by atoms with Crippen molar-refractivity contribution in [2.75, 3.05) is 12.4 Å². The lowest BCUT2D eigenvalue weighted by molar-refractivity contribution is -0.120. The molecule has 0 saturated heterocycles. The van der Waals surface area contributed by atoms with Gasteiger partial charge in [0.1, 0.15) is 5.82 Å². The Bertz CT molecular complexity index is 586. The van der Waals surface area contributed by atoms with Crippen LogP contribution in [0.3, 0.4) is 0 Å². The minimum Gasteiger partial charge on any atom is -0.301 e. The second-order valence-electron chi connectivity index (χ2n) is 4.45. The van der Waals surface area contributed by atoms with E-state index in [0.717, 1.165) is 4.57 Å². The summed E-state index contributed by atoms with van der Waals surface area (Å²) in [5, 5.41) is 4.93. The van der Waals surface area contributed by atoms with E-state index in [9.17, 15) is 13.6 Å². The lowest BCUT2D eigenvalue weighted by Gasteiger charge is -2.23. The van der Waals surface area contributed by atoms with Gasteiger partial charge in [0.25, 0.3) is 0 Å². The summed E-state index contributed by atoms with van der Waals surface area (Å²) in [6.07, 6.45) is 4.12. The van der Waals surface area contributed by atoms with Gasteiger partial charge in [-0.25, -0.2) is 9.97 Å². The summed E-state index contributed by atoms with van der Waals surface area (Å²) in [4.78, 5) is 21.5. The molecule has 0 saturated carbocycles. The first kappa shape index (κ1) is 15.5. The van der Waals surface area contributed by atoms with Crippen molar-refractivity contribution in [3.05, 3.63) is 29.8 Å². The number of alkyl halides is 2. The topological polar surface area (TPSA) is 63.1 Å². The molecular formula is C12H15F2N5OS. The molecule has 2 aromatic rings. The Balaban J connectivity index is 1.97. The van der Waals surface area contributed by atoms with Gasteiger partial charge in [-0.2, -0.15) is 8.78 Å². The molecule has 0 spiro atoms. The minimum absolute atomic E-state index is 0.143. The number of rotatable bonds is 6. The second kappa shape index (κ2) is 6.72. The number of nitrogens with one attached hydrogen (secondary N) is 1. The van der Waals surface area contributed by atoms with Gasteiger partial charge in [0.15, 0.2) is 5.13 Å². The van der Waals surface area contributed by atoms with Crippen molar-refractivity contribution in [2.24, 2.45) is 0 Å². The molecule has 0 unspecified atom stereocenters. The first-order valence-corrected chi connectivity index (χ1v) is 7.07. The number of thiazole rings is 1. The van der Waals surface area contributed by atoms with E-state index in [1.54, 1.807) is 30.4 Å². The summed E-state index contributed by atoms with van der Waals surface area (Å²) in [6, 6.07) is -0.503. The number of carbonyl (C=O) groups is 1. The van der Waals surface area contributed by atoms with Crippen LogP contribution in [0.2, 0.25) is 0 Å². The Morgan fingerprint density at radius 2 is 2.24 bits per heavy atom. The number of hydrogen-bond donors (Lipinski definition) is 1. The third-order valence-corrected chi connectivity index (χ3v) is 3.74. The van der Waals surface area contributed by atoms with E-state index in [0.29, 0.717) is 5.13 Å². The number of halogens is 2. The van der Waals surface area contributed by atoms with Crippen molar-refractivity contribution in [3.63, 3.8) is 0 Å². The van der Waals surface area contributed by atoms with E-state index in [1.165, 1.54) is 23.7 Å². The Morgan fingerprint density at radius 3 is 2.86 bits per heavy atom. The smallest absolute Gasteiger partial charge is 0.301 e. The monoisotopic (exact) mass is 315 g/mol. The van der Waals surface area contributed by atoms with E-state index < -0.39 is 12.6 Å². The molecule has 2 heterocycles. The number of likely N-dealkylation sites (N-methyl/N-ethyl adjacent to an activating group) is 1. The van der Waals surface area contributed by atoms with Gasteiger partial charge in [0, 0.05) is 24.0 Å². The predicted molar refractivity (Wildman–Crippen MR) is 75.2 cm³/mol. The molecule has 0 aliphatic rings. The van der Waals surface area contributed by atoms with Crippen molar-refractivity contribution in [1.29, 1.82) is 0 Å². The number of anilines is 1. The fourth-order valence-corrected chi connectivity index (χ4v) is 2.23. The molecule has 0 aromatic carbocycles. The van der Waals surface area contributed by atoms with Crippen LogP contribution < -0.4 is 5.32 Å². The molecule has 0 bridgehead atoms. The molecule has 0 aliphatic heterocycles. The average Bonchev–Trinajstić information content (AvgIpc) is 3.08. The van der Waals surface area contributed by atoms with Crippen LogP contribution in [0, 0.1) is 0 Å². The first-order valence-electron chi connectivity index (χ1n) is 6.19. The van der Waals surface area contributed by atoms with Crippen molar-refractivity contribution >= 4 is 22.4 Å². The zero-order valence-electron chi connectivity index (χ0n) is 11.5. The van der Waals surface area contributed by atoms with Gasteiger partial charge < -0.3 is 5.32 Å². The number of imidazole rings is 1. The van der Waals surface area contributed by atoms with Crippen LogP contribution in [0.4, 0.5) is 13.9 Å². The van der Waals surface area contributed by atoms with Gasteiger partial charge in [0.2, 0.25) is 5.91 Å². The van der Waals surface area contributed by atoms with Gasteiger partial charge in [-0.1, -0.05) is 0 Å².